The van der Waals surface area contributed by atoms with Crippen LogP contribution in [0.4, 0.5) is 10.5 Å². The topological polar surface area (TPSA) is 87.7 Å². The van der Waals surface area contributed by atoms with E-state index >= 15 is 0 Å². The first kappa shape index (κ1) is 20.9. The Kier molecular flexibility index (Phi) is 7.33. The number of anilines is 1. The van der Waals surface area contributed by atoms with Crippen LogP contribution in [0.3, 0.4) is 0 Å². The van der Waals surface area contributed by atoms with Crippen molar-refractivity contribution >= 4 is 40.9 Å². The molecule has 1 atom stereocenters. The monoisotopic (exact) mass is 410 g/mol. The van der Waals surface area contributed by atoms with E-state index in [1.807, 2.05) is 30.3 Å². The highest BCUT2D eigenvalue weighted by atomic mass is 35.5. The molecule has 3 N–H and O–H groups in total. The van der Waals surface area contributed by atoms with Crippen molar-refractivity contribution in [1.82, 2.24) is 5.32 Å². The van der Waals surface area contributed by atoms with E-state index in [1.165, 1.54) is 6.07 Å². The van der Waals surface area contributed by atoms with Crippen LogP contribution in [0.2, 0.25) is 10.0 Å². The smallest absolute Gasteiger partial charge is 0.329 e. The Morgan fingerprint density at radius 3 is 2.52 bits per heavy atom. The van der Waals surface area contributed by atoms with Gasteiger partial charge in [-0.25, -0.2) is 9.59 Å². The number of amides is 2. The molecule has 144 valence electrons. The van der Waals surface area contributed by atoms with Gasteiger partial charge >= 0.3 is 12.0 Å². The molecule has 0 bridgehead atoms. The molecule has 0 aliphatic rings. The number of hydrogen-bond acceptors (Lipinski definition) is 4. The lowest BCUT2D eigenvalue weighted by molar-refractivity contribution is -0.145. The Morgan fingerprint density at radius 2 is 1.89 bits per heavy atom. The number of nitrogens with one attached hydrogen (secondary N) is 2. The SMILES string of the molecule is CCOC(=O)[C@H](Cc1ccccc1)NC(=O)Nc1cc(Cl)c(C)c(Cl)c1O. The average molecular weight is 411 g/mol. The number of carbonyl (C=O) groups excluding carboxylic acids is 2. The highest BCUT2D eigenvalue weighted by molar-refractivity contribution is 6.37. The van der Waals surface area contributed by atoms with E-state index in [1.54, 1.807) is 13.8 Å². The minimum absolute atomic E-state index is 0.0374. The van der Waals surface area contributed by atoms with Crippen LogP contribution in [0.1, 0.15) is 18.1 Å². The molecule has 8 heteroatoms. The fourth-order valence-electron chi connectivity index (χ4n) is 2.40. The maximum atomic E-state index is 12.4. The Balaban J connectivity index is 2.15. The molecule has 0 aromatic heterocycles. The second-order valence-electron chi connectivity index (χ2n) is 5.79. The second-order valence-corrected chi connectivity index (χ2v) is 6.57. The summed E-state index contributed by atoms with van der Waals surface area (Å²) in [4.78, 5) is 24.6. The predicted molar refractivity (Wildman–Crippen MR) is 106 cm³/mol. The average Bonchev–Trinajstić information content (AvgIpc) is 2.65. The summed E-state index contributed by atoms with van der Waals surface area (Å²) in [6, 6.07) is 9.01. The first-order valence-corrected chi connectivity index (χ1v) is 9.04. The van der Waals surface area contributed by atoms with E-state index in [0.29, 0.717) is 10.6 Å². The van der Waals surface area contributed by atoms with Gasteiger partial charge in [0.25, 0.3) is 0 Å². The van der Waals surface area contributed by atoms with Crippen molar-refractivity contribution in [3.8, 4) is 5.75 Å². The first-order chi connectivity index (χ1) is 12.8. The highest BCUT2D eigenvalue weighted by Gasteiger charge is 2.23. The molecule has 0 unspecified atom stereocenters. The number of phenols is 1. The van der Waals surface area contributed by atoms with Crippen LogP contribution in [0.25, 0.3) is 0 Å². The normalized spacial score (nSPS) is 11.6. The van der Waals surface area contributed by atoms with E-state index in [0.717, 1.165) is 5.56 Å². The number of benzene rings is 2. The van der Waals surface area contributed by atoms with E-state index in [4.69, 9.17) is 27.9 Å². The number of hydrogen-bond donors (Lipinski definition) is 3. The minimum atomic E-state index is -0.897. The van der Waals surface area contributed by atoms with Crippen molar-refractivity contribution < 1.29 is 19.4 Å². The van der Waals surface area contributed by atoms with E-state index < -0.39 is 18.0 Å². The van der Waals surface area contributed by atoms with Crippen molar-refractivity contribution in [2.24, 2.45) is 0 Å². The predicted octanol–water partition coefficient (Wildman–Crippen LogP) is 4.30. The third-order valence-electron chi connectivity index (χ3n) is 3.83. The van der Waals surface area contributed by atoms with Gasteiger partial charge in [-0.1, -0.05) is 53.5 Å². The number of halogens is 2. The molecule has 0 fully saturated rings. The largest absolute Gasteiger partial charge is 0.504 e. The summed E-state index contributed by atoms with van der Waals surface area (Å²) in [7, 11) is 0. The van der Waals surface area contributed by atoms with Gasteiger partial charge in [-0.3, -0.25) is 0 Å². The van der Waals surface area contributed by atoms with Gasteiger partial charge in [0.2, 0.25) is 0 Å². The standard InChI is InChI=1S/C19H20Cl2N2O4/c1-3-27-18(25)15(9-12-7-5-4-6-8-12)23-19(26)22-14-10-13(20)11(2)16(21)17(14)24/h4-8,10,15,24H,3,9H2,1-2H3,(H2,22,23,26)/t15-/m0/s1. The van der Waals surface area contributed by atoms with Gasteiger partial charge < -0.3 is 20.5 Å². The molecule has 0 heterocycles. The number of aromatic hydroxyl groups is 1. The molecular formula is C19H20Cl2N2O4. The molecule has 0 aliphatic heterocycles. The summed E-state index contributed by atoms with van der Waals surface area (Å²) < 4.78 is 5.03. The molecule has 2 amide bonds. The number of ether oxygens (including phenoxy) is 1. The van der Waals surface area contributed by atoms with E-state index in [-0.39, 0.29) is 29.5 Å². The molecule has 2 aromatic carbocycles. The van der Waals surface area contributed by atoms with Gasteiger partial charge in [0.15, 0.2) is 5.75 Å². The zero-order valence-corrected chi connectivity index (χ0v) is 16.4. The van der Waals surface area contributed by atoms with Crippen molar-refractivity contribution in [1.29, 1.82) is 0 Å². The zero-order valence-electron chi connectivity index (χ0n) is 14.9. The van der Waals surface area contributed by atoms with E-state index in [2.05, 4.69) is 10.6 Å². The molecule has 0 saturated heterocycles. The van der Waals surface area contributed by atoms with Crippen molar-refractivity contribution in [2.75, 3.05) is 11.9 Å². The van der Waals surface area contributed by atoms with Crippen LogP contribution in [0.5, 0.6) is 5.75 Å². The van der Waals surface area contributed by atoms with Crippen molar-refractivity contribution in [2.45, 2.75) is 26.3 Å². The number of carbonyl (C=O) groups is 2. The highest BCUT2D eigenvalue weighted by Crippen LogP contribution is 2.38. The van der Waals surface area contributed by atoms with Crippen molar-refractivity contribution in [3.63, 3.8) is 0 Å². The number of rotatable bonds is 6. The molecule has 0 aliphatic carbocycles. The third kappa shape index (κ3) is 5.52. The summed E-state index contributed by atoms with van der Waals surface area (Å²) in [5, 5.41) is 15.4. The molecular weight excluding hydrogens is 391 g/mol. The molecule has 27 heavy (non-hydrogen) atoms. The molecule has 2 aromatic rings. The van der Waals surface area contributed by atoms with Gasteiger partial charge in [0, 0.05) is 11.4 Å². The molecule has 2 rings (SSSR count). The van der Waals surface area contributed by atoms with Crippen molar-refractivity contribution in [3.05, 3.63) is 57.6 Å². The van der Waals surface area contributed by atoms with E-state index in [9.17, 15) is 14.7 Å². The Hall–Kier alpha value is -2.44. The second kappa shape index (κ2) is 9.48. The number of phenolic OH excluding ortho intramolecular Hbond substituents is 1. The van der Waals surface area contributed by atoms with Crippen LogP contribution < -0.4 is 10.6 Å². The third-order valence-corrected chi connectivity index (χ3v) is 4.68. The summed E-state index contributed by atoms with van der Waals surface area (Å²) >= 11 is 12.0. The molecule has 0 radical (unpaired) electrons. The molecule has 0 saturated carbocycles. The summed E-state index contributed by atoms with van der Waals surface area (Å²) in [5.41, 5.74) is 1.39. The minimum Gasteiger partial charge on any atom is -0.504 e. The quantitative estimate of drug-likeness (QED) is 0.489. The lowest BCUT2D eigenvalue weighted by atomic mass is 10.1. The fraction of sp³-hybridized carbons (Fsp3) is 0.263. The first-order valence-electron chi connectivity index (χ1n) is 8.29. The number of urea groups is 1. The van der Waals surface area contributed by atoms with Gasteiger partial charge in [-0.2, -0.15) is 0 Å². The van der Waals surface area contributed by atoms with Gasteiger partial charge in [0.1, 0.15) is 6.04 Å². The molecule has 0 spiro atoms. The summed E-state index contributed by atoms with van der Waals surface area (Å²) in [6.07, 6.45) is 0.258. The number of esters is 1. The Morgan fingerprint density at radius 1 is 1.22 bits per heavy atom. The van der Waals surface area contributed by atoms with Crippen LogP contribution in [-0.2, 0) is 16.0 Å². The maximum absolute atomic E-state index is 12.4. The van der Waals surface area contributed by atoms with Gasteiger partial charge in [0.05, 0.1) is 17.3 Å². The van der Waals surface area contributed by atoms with Gasteiger partial charge in [-0.15, -0.1) is 0 Å². The summed E-state index contributed by atoms with van der Waals surface area (Å²) in [6.45, 7) is 3.52. The summed E-state index contributed by atoms with van der Waals surface area (Å²) in [5.74, 6) is -0.856. The van der Waals surface area contributed by atoms with Gasteiger partial charge in [-0.05, 0) is 31.0 Å². The molecule has 6 nitrogen and oxygen atoms in total. The van der Waals surface area contributed by atoms with Crippen LogP contribution in [0, 0.1) is 6.92 Å². The lowest BCUT2D eigenvalue weighted by Gasteiger charge is -2.18. The Labute approximate surface area is 167 Å². The lowest BCUT2D eigenvalue weighted by Crippen LogP contribution is -2.45. The van der Waals surface area contributed by atoms with Crippen LogP contribution in [0.15, 0.2) is 36.4 Å². The van der Waals surface area contributed by atoms with Crippen LogP contribution in [-0.4, -0.2) is 29.8 Å². The maximum Gasteiger partial charge on any atom is 0.329 e. The van der Waals surface area contributed by atoms with Crippen LogP contribution >= 0.6 is 23.2 Å². The Bertz CT molecular complexity index is 828. The zero-order chi connectivity index (χ0) is 20.0. The fourth-order valence-corrected chi connectivity index (χ4v) is 2.86.